The quantitative estimate of drug-likeness (QED) is 0.775. The van der Waals surface area contributed by atoms with Gasteiger partial charge in [-0.2, -0.15) is 5.10 Å². The van der Waals surface area contributed by atoms with Crippen molar-refractivity contribution in [2.24, 2.45) is 11.5 Å². The van der Waals surface area contributed by atoms with E-state index in [1.165, 1.54) is 0 Å². The second-order valence-electron chi connectivity index (χ2n) is 5.03. The van der Waals surface area contributed by atoms with E-state index < -0.39 is 11.9 Å². The predicted octanol–water partition coefficient (Wildman–Crippen LogP) is -0.249. The molecule has 0 radical (unpaired) electrons. The Morgan fingerprint density at radius 2 is 2.10 bits per heavy atom. The van der Waals surface area contributed by atoms with Gasteiger partial charge in [-0.05, 0) is 18.4 Å². The lowest BCUT2D eigenvalue weighted by atomic mass is 10.0. The van der Waals surface area contributed by atoms with E-state index >= 15 is 0 Å². The second-order valence-corrected chi connectivity index (χ2v) is 5.03. The maximum absolute atomic E-state index is 11.6. The molecule has 1 unspecified atom stereocenters. The smallest absolute Gasteiger partial charge is 0.242 e. The molecule has 2 rings (SSSR count). The van der Waals surface area contributed by atoms with Crippen molar-refractivity contribution in [2.75, 3.05) is 24.7 Å². The standard InChI is InChI=1S/C14H23N5O2/c1-3-9-10(7-15)14(18-17-11(9)4-2)19-5-6-21-8-12(19)13(16)20/h12H,3-8,15H2,1-2H3,(H2,16,20). The molecule has 21 heavy (non-hydrogen) atoms. The van der Waals surface area contributed by atoms with Crippen LogP contribution in [0.1, 0.15) is 30.7 Å². The minimum atomic E-state index is -0.518. The van der Waals surface area contributed by atoms with Gasteiger partial charge in [0.2, 0.25) is 5.91 Å². The molecule has 1 amide bonds. The molecule has 1 aliphatic rings. The highest BCUT2D eigenvalue weighted by atomic mass is 16.5. The van der Waals surface area contributed by atoms with E-state index in [2.05, 4.69) is 17.1 Å². The fraction of sp³-hybridized carbons (Fsp3) is 0.643. The lowest BCUT2D eigenvalue weighted by molar-refractivity contribution is -0.121. The topological polar surface area (TPSA) is 107 Å². The molecule has 1 saturated heterocycles. The summed E-state index contributed by atoms with van der Waals surface area (Å²) in [5.41, 5.74) is 14.5. The predicted molar refractivity (Wildman–Crippen MR) is 79.8 cm³/mol. The molecule has 1 fully saturated rings. The van der Waals surface area contributed by atoms with Crippen molar-refractivity contribution in [3.8, 4) is 0 Å². The number of carbonyl (C=O) groups excluding carboxylic acids is 1. The fourth-order valence-corrected chi connectivity index (χ4v) is 2.78. The number of rotatable bonds is 5. The average Bonchev–Trinajstić information content (AvgIpc) is 2.53. The molecule has 1 atom stereocenters. The third-order valence-electron chi connectivity index (χ3n) is 3.87. The molecule has 1 aliphatic heterocycles. The van der Waals surface area contributed by atoms with Crippen LogP contribution in [0.2, 0.25) is 0 Å². The van der Waals surface area contributed by atoms with Crippen LogP contribution in [-0.2, 0) is 28.9 Å². The summed E-state index contributed by atoms with van der Waals surface area (Å²) in [5.74, 6) is 0.246. The van der Waals surface area contributed by atoms with Crippen molar-refractivity contribution in [3.63, 3.8) is 0 Å². The Kier molecular flexibility index (Phi) is 5.08. The van der Waals surface area contributed by atoms with Crippen molar-refractivity contribution in [2.45, 2.75) is 39.3 Å². The number of carbonyl (C=O) groups is 1. The Morgan fingerprint density at radius 3 is 2.67 bits per heavy atom. The summed E-state index contributed by atoms with van der Waals surface area (Å²) in [6.07, 6.45) is 1.65. The number of aromatic nitrogens is 2. The van der Waals surface area contributed by atoms with Gasteiger partial charge >= 0.3 is 0 Å². The highest BCUT2D eigenvalue weighted by Crippen LogP contribution is 2.26. The zero-order valence-corrected chi connectivity index (χ0v) is 12.6. The number of primary amides is 1. The Balaban J connectivity index is 2.49. The Labute approximate surface area is 124 Å². The lowest BCUT2D eigenvalue weighted by Gasteiger charge is -2.35. The normalized spacial score (nSPS) is 18.8. The number of nitrogens with two attached hydrogens (primary N) is 2. The number of ether oxygens (including phenoxy) is 1. The second kappa shape index (κ2) is 6.82. The molecule has 1 aromatic heterocycles. The third-order valence-corrected chi connectivity index (χ3v) is 3.87. The first kappa shape index (κ1) is 15.7. The molecule has 0 saturated carbocycles. The zero-order chi connectivity index (χ0) is 15.4. The van der Waals surface area contributed by atoms with Gasteiger partial charge in [-0.25, -0.2) is 0 Å². The van der Waals surface area contributed by atoms with Gasteiger partial charge in [0.15, 0.2) is 5.82 Å². The number of hydrogen-bond donors (Lipinski definition) is 2. The van der Waals surface area contributed by atoms with Crippen LogP contribution in [0.25, 0.3) is 0 Å². The molecule has 7 nitrogen and oxygen atoms in total. The maximum Gasteiger partial charge on any atom is 0.242 e. The molecule has 0 aliphatic carbocycles. The molecule has 0 aromatic carbocycles. The van der Waals surface area contributed by atoms with E-state index in [9.17, 15) is 4.79 Å². The average molecular weight is 293 g/mol. The molecular formula is C14H23N5O2. The van der Waals surface area contributed by atoms with Crippen LogP contribution in [0, 0.1) is 0 Å². The van der Waals surface area contributed by atoms with Gasteiger partial charge in [0.25, 0.3) is 0 Å². The minimum Gasteiger partial charge on any atom is -0.377 e. The van der Waals surface area contributed by atoms with Crippen molar-refractivity contribution in [1.82, 2.24) is 10.2 Å². The summed E-state index contributed by atoms with van der Waals surface area (Å²) >= 11 is 0. The Morgan fingerprint density at radius 1 is 1.33 bits per heavy atom. The molecule has 116 valence electrons. The van der Waals surface area contributed by atoms with Crippen LogP contribution in [0.5, 0.6) is 0 Å². The van der Waals surface area contributed by atoms with E-state index in [1.807, 2.05) is 11.8 Å². The van der Waals surface area contributed by atoms with Crippen LogP contribution in [0.15, 0.2) is 0 Å². The van der Waals surface area contributed by atoms with Gasteiger partial charge in [-0.3, -0.25) is 4.79 Å². The molecule has 2 heterocycles. The first-order valence-corrected chi connectivity index (χ1v) is 7.35. The van der Waals surface area contributed by atoms with Crippen molar-refractivity contribution in [3.05, 3.63) is 16.8 Å². The van der Waals surface area contributed by atoms with E-state index in [1.54, 1.807) is 0 Å². The number of amides is 1. The van der Waals surface area contributed by atoms with Gasteiger partial charge in [-0.1, -0.05) is 13.8 Å². The van der Waals surface area contributed by atoms with Gasteiger partial charge in [0, 0.05) is 18.7 Å². The van der Waals surface area contributed by atoms with Gasteiger partial charge in [-0.15, -0.1) is 5.10 Å². The number of nitrogens with zero attached hydrogens (tertiary/aromatic N) is 3. The van der Waals surface area contributed by atoms with Gasteiger partial charge in [0.05, 0.1) is 18.9 Å². The molecular weight excluding hydrogens is 270 g/mol. The summed E-state index contributed by atoms with van der Waals surface area (Å²) in [5, 5.41) is 8.62. The Bertz CT molecular complexity index is 520. The van der Waals surface area contributed by atoms with Gasteiger partial charge < -0.3 is 21.1 Å². The third kappa shape index (κ3) is 2.98. The van der Waals surface area contributed by atoms with E-state index in [0.717, 1.165) is 29.7 Å². The highest BCUT2D eigenvalue weighted by Gasteiger charge is 2.31. The Hall–Kier alpha value is -1.73. The number of hydrogen-bond acceptors (Lipinski definition) is 6. The lowest BCUT2D eigenvalue weighted by Crippen LogP contribution is -2.53. The monoisotopic (exact) mass is 293 g/mol. The first-order valence-electron chi connectivity index (χ1n) is 7.35. The van der Waals surface area contributed by atoms with Crippen molar-refractivity contribution < 1.29 is 9.53 Å². The van der Waals surface area contributed by atoms with Gasteiger partial charge in [0.1, 0.15) is 6.04 Å². The van der Waals surface area contributed by atoms with Crippen LogP contribution in [0.4, 0.5) is 5.82 Å². The largest absolute Gasteiger partial charge is 0.377 e. The van der Waals surface area contributed by atoms with Crippen molar-refractivity contribution in [1.29, 1.82) is 0 Å². The SMILES string of the molecule is CCc1nnc(N2CCOCC2C(N)=O)c(CN)c1CC. The zero-order valence-electron chi connectivity index (χ0n) is 12.6. The summed E-state index contributed by atoms with van der Waals surface area (Å²) in [6.45, 7) is 5.85. The first-order chi connectivity index (χ1) is 10.1. The summed E-state index contributed by atoms with van der Waals surface area (Å²) in [6, 6.07) is -0.518. The highest BCUT2D eigenvalue weighted by molar-refractivity contribution is 5.84. The van der Waals surface area contributed by atoms with E-state index in [-0.39, 0.29) is 6.61 Å². The van der Waals surface area contributed by atoms with Crippen LogP contribution < -0.4 is 16.4 Å². The van der Waals surface area contributed by atoms with E-state index in [0.29, 0.717) is 25.5 Å². The number of morpholine rings is 1. The summed E-state index contributed by atoms with van der Waals surface area (Å²) < 4.78 is 5.35. The molecule has 1 aromatic rings. The number of anilines is 1. The number of aryl methyl sites for hydroxylation is 1. The van der Waals surface area contributed by atoms with E-state index in [4.69, 9.17) is 16.2 Å². The minimum absolute atomic E-state index is 0.276. The molecule has 4 N–H and O–H groups in total. The fourth-order valence-electron chi connectivity index (χ4n) is 2.78. The molecule has 7 heteroatoms. The van der Waals surface area contributed by atoms with Crippen LogP contribution in [-0.4, -0.2) is 41.9 Å². The van der Waals surface area contributed by atoms with Crippen molar-refractivity contribution >= 4 is 11.7 Å². The summed E-state index contributed by atoms with van der Waals surface area (Å²) in [7, 11) is 0. The van der Waals surface area contributed by atoms with Crippen LogP contribution >= 0.6 is 0 Å². The van der Waals surface area contributed by atoms with Crippen LogP contribution in [0.3, 0.4) is 0 Å². The summed E-state index contributed by atoms with van der Waals surface area (Å²) in [4.78, 5) is 13.5. The molecule has 0 spiro atoms. The molecule has 0 bridgehead atoms. The maximum atomic E-state index is 11.6.